The molecule has 0 atom stereocenters. The van der Waals surface area contributed by atoms with Crippen LogP contribution in [0.4, 0.5) is 0 Å². The molecule has 10 rings (SSSR count). The minimum absolute atomic E-state index is 1.18. The van der Waals surface area contributed by atoms with Gasteiger partial charge >= 0.3 is 0 Å². The van der Waals surface area contributed by atoms with Gasteiger partial charge in [-0.3, -0.25) is 0 Å². The van der Waals surface area contributed by atoms with Crippen LogP contribution in [0.1, 0.15) is 0 Å². The van der Waals surface area contributed by atoms with Crippen LogP contribution in [-0.4, -0.2) is 9.13 Å². The molecule has 2 aromatic heterocycles. The van der Waals surface area contributed by atoms with Crippen LogP contribution in [0.3, 0.4) is 0 Å². The first-order valence-corrected chi connectivity index (χ1v) is 16.5. The third-order valence-corrected chi connectivity index (χ3v) is 9.90. The van der Waals surface area contributed by atoms with Gasteiger partial charge in [0.15, 0.2) is 0 Å². The molecule has 10 aromatic rings. The minimum Gasteiger partial charge on any atom is -0.309 e. The van der Waals surface area contributed by atoms with E-state index in [1.807, 2.05) is 0 Å². The highest BCUT2D eigenvalue weighted by molar-refractivity contribution is 6.12. The molecule has 0 fully saturated rings. The van der Waals surface area contributed by atoms with Crippen LogP contribution in [0.5, 0.6) is 0 Å². The molecule has 0 radical (unpaired) electrons. The van der Waals surface area contributed by atoms with Gasteiger partial charge in [0.2, 0.25) is 0 Å². The third kappa shape index (κ3) is 4.13. The van der Waals surface area contributed by atoms with Crippen LogP contribution in [0.25, 0.3) is 88.0 Å². The molecule has 8 aromatic carbocycles. The van der Waals surface area contributed by atoms with Crippen molar-refractivity contribution in [3.63, 3.8) is 0 Å². The zero-order chi connectivity index (χ0) is 31.6. The van der Waals surface area contributed by atoms with Gasteiger partial charge in [0.1, 0.15) is 0 Å². The summed E-state index contributed by atoms with van der Waals surface area (Å²) in [7, 11) is 0. The standard InChI is InChI=1S/C46H30N2/c1-2-12-37(13-3-1)47-43-16-8-6-14-39(43)41-29-35(23-26-45(41)47)32-18-20-33(21-19-32)36-24-27-46-42(30-36)40-15-7-9-17-44(40)48(46)38-25-22-31-10-4-5-11-34(31)28-38/h1-30H. The predicted molar refractivity (Wildman–Crippen MR) is 203 cm³/mol. The minimum atomic E-state index is 1.18. The van der Waals surface area contributed by atoms with Gasteiger partial charge in [0.05, 0.1) is 22.1 Å². The molecule has 0 N–H and O–H groups in total. The van der Waals surface area contributed by atoms with Crippen LogP contribution in [0.2, 0.25) is 0 Å². The SMILES string of the molecule is c1ccc(-n2c3ccccc3c3cc(-c4ccc(-c5ccc6c(c5)c5ccccc5n6-c5ccc6ccccc6c5)cc4)ccc32)cc1. The van der Waals surface area contributed by atoms with Crippen molar-refractivity contribution in [2.75, 3.05) is 0 Å². The van der Waals surface area contributed by atoms with Crippen molar-refractivity contribution in [1.82, 2.24) is 9.13 Å². The van der Waals surface area contributed by atoms with E-state index in [4.69, 9.17) is 0 Å². The second kappa shape index (κ2) is 10.6. The smallest absolute Gasteiger partial charge is 0.0541 e. The van der Waals surface area contributed by atoms with E-state index in [0.717, 1.165) is 0 Å². The van der Waals surface area contributed by atoms with Crippen molar-refractivity contribution in [1.29, 1.82) is 0 Å². The number of benzene rings is 8. The fourth-order valence-electron chi connectivity index (χ4n) is 7.61. The summed E-state index contributed by atoms with van der Waals surface area (Å²) < 4.78 is 4.76. The van der Waals surface area contributed by atoms with Gasteiger partial charge < -0.3 is 9.13 Å². The highest BCUT2D eigenvalue weighted by Crippen LogP contribution is 2.38. The maximum Gasteiger partial charge on any atom is 0.0541 e. The zero-order valence-corrected chi connectivity index (χ0v) is 26.2. The Hall–Kier alpha value is -6.38. The van der Waals surface area contributed by atoms with Crippen molar-refractivity contribution in [2.45, 2.75) is 0 Å². The Morgan fingerprint density at radius 3 is 1.31 bits per heavy atom. The number of hydrogen-bond acceptors (Lipinski definition) is 0. The lowest BCUT2D eigenvalue weighted by molar-refractivity contribution is 1.18. The van der Waals surface area contributed by atoms with Crippen molar-refractivity contribution in [2.24, 2.45) is 0 Å². The molecular weight excluding hydrogens is 581 g/mol. The fourth-order valence-corrected chi connectivity index (χ4v) is 7.61. The second-order valence-corrected chi connectivity index (χ2v) is 12.6. The highest BCUT2D eigenvalue weighted by atomic mass is 15.0. The molecule has 0 unspecified atom stereocenters. The average Bonchev–Trinajstić information content (AvgIpc) is 3.67. The number of para-hydroxylation sites is 3. The van der Waals surface area contributed by atoms with E-state index in [2.05, 4.69) is 191 Å². The van der Waals surface area contributed by atoms with Crippen LogP contribution in [0, 0.1) is 0 Å². The lowest BCUT2D eigenvalue weighted by atomic mass is 9.98. The van der Waals surface area contributed by atoms with Gasteiger partial charge in [0, 0.05) is 32.9 Å². The van der Waals surface area contributed by atoms with Crippen LogP contribution >= 0.6 is 0 Å². The Kier molecular flexibility index (Phi) is 5.91. The quantitative estimate of drug-likeness (QED) is 0.188. The van der Waals surface area contributed by atoms with Gasteiger partial charge in [-0.15, -0.1) is 0 Å². The van der Waals surface area contributed by atoms with Crippen molar-refractivity contribution < 1.29 is 0 Å². The summed E-state index contributed by atoms with van der Waals surface area (Å²) in [5, 5.41) is 7.57. The Labute approximate surface area is 278 Å². The summed E-state index contributed by atoms with van der Waals surface area (Å²) in [6, 6.07) is 66.2. The monoisotopic (exact) mass is 610 g/mol. The molecule has 0 amide bonds. The maximum atomic E-state index is 2.40. The van der Waals surface area contributed by atoms with E-state index in [-0.39, 0.29) is 0 Å². The van der Waals surface area contributed by atoms with Crippen molar-refractivity contribution in [3.8, 4) is 33.6 Å². The Bertz CT molecular complexity index is 2820. The molecule has 0 aliphatic heterocycles. The third-order valence-electron chi connectivity index (χ3n) is 9.90. The molecule has 0 saturated carbocycles. The van der Waals surface area contributed by atoms with Crippen LogP contribution < -0.4 is 0 Å². The van der Waals surface area contributed by atoms with Crippen molar-refractivity contribution >= 4 is 54.4 Å². The molecule has 0 saturated heterocycles. The first-order valence-electron chi connectivity index (χ1n) is 16.5. The predicted octanol–water partition coefficient (Wildman–Crippen LogP) is 12.4. The highest BCUT2D eigenvalue weighted by Gasteiger charge is 2.15. The van der Waals surface area contributed by atoms with Gasteiger partial charge in [0.25, 0.3) is 0 Å². The summed E-state index contributed by atoms with van der Waals surface area (Å²) in [6.07, 6.45) is 0. The van der Waals surface area contributed by atoms with E-state index >= 15 is 0 Å². The van der Waals surface area contributed by atoms with E-state index in [1.165, 1.54) is 88.0 Å². The summed E-state index contributed by atoms with van der Waals surface area (Å²) in [5.74, 6) is 0. The summed E-state index contributed by atoms with van der Waals surface area (Å²) in [5.41, 5.74) is 12.1. The van der Waals surface area contributed by atoms with Gasteiger partial charge in [-0.05, 0) is 93.7 Å². The Morgan fingerprint density at radius 2 is 0.708 bits per heavy atom. The normalized spacial score (nSPS) is 11.8. The van der Waals surface area contributed by atoms with Gasteiger partial charge in [-0.25, -0.2) is 0 Å². The molecule has 0 aliphatic rings. The Morgan fingerprint density at radius 1 is 0.250 bits per heavy atom. The molecule has 0 bridgehead atoms. The molecular formula is C46H30N2. The van der Waals surface area contributed by atoms with Crippen LogP contribution in [0.15, 0.2) is 182 Å². The number of fused-ring (bicyclic) bond motifs is 7. The first kappa shape index (κ1) is 26.8. The lowest BCUT2D eigenvalue weighted by Crippen LogP contribution is -1.93. The van der Waals surface area contributed by atoms with Gasteiger partial charge in [-0.1, -0.05) is 121 Å². The molecule has 2 nitrogen and oxygen atoms in total. The molecule has 224 valence electrons. The number of rotatable bonds is 4. The molecule has 2 heterocycles. The van der Waals surface area contributed by atoms with Crippen LogP contribution in [-0.2, 0) is 0 Å². The van der Waals surface area contributed by atoms with Crippen molar-refractivity contribution in [3.05, 3.63) is 182 Å². The zero-order valence-electron chi connectivity index (χ0n) is 26.2. The number of nitrogens with zero attached hydrogens (tertiary/aromatic N) is 2. The summed E-state index contributed by atoms with van der Waals surface area (Å²) in [4.78, 5) is 0. The maximum absolute atomic E-state index is 2.40. The molecule has 48 heavy (non-hydrogen) atoms. The van der Waals surface area contributed by atoms with E-state index in [9.17, 15) is 0 Å². The molecule has 2 heteroatoms. The lowest BCUT2D eigenvalue weighted by Gasteiger charge is -2.10. The summed E-state index contributed by atoms with van der Waals surface area (Å²) >= 11 is 0. The van der Waals surface area contributed by atoms with E-state index < -0.39 is 0 Å². The second-order valence-electron chi connectivity index (χ2n) is 12.6. The van der Waals surface area contributed by atoms with E-state index in [1.54, 1.807) is 0 Å². The first-order chi connectivity index (χ1) is 23.8. The Balaban J connectivity index is 1.05. The number of hydrogen-bond donors (Lipinski definition) is 0. The fraction of sp³-hybridized carbons (Fsp3) is 0. The number of aromatic nitrogens is 2. The topological polar surface area (TPSA) is 9.86 Å². The molecule has 0 aliphatic carbocycles. The van der Waals surface area contributed by atoms with E-state index in [0.29, 0.717) is 0 Å². The summed E-state index contributed by atoms with van der Waals surface area (Å²) in [6.45, 7) is 0. The largest absolute Gasteiger partial charge is 0.309 e. The average molecular weight is 611 g/mol. The molecule has 0 spiro atoms. The van der Waals surface area contributed by atoms with Gasteiger partial charge in [-0.2, -0.15) is 0 Å².